The topological polar surface area (TPSA) is 116 Å². The van der Waals surface area contributed by atoms with Crippen molar-refractivity contribution in [3.05, 3.63) is 59.9 Å². The molecule has 0 spiro atoms. The number of fused-ring (bicyclic) bond motifs is 1. The van der Waals surface area contributed by atoms with Gasteiger partial charge in [0.15, 0.2) is 0 Å². The van der Waals surface area contributed by atoms with Crippen molar-refractivity contribution in [2.45, 2.75) is 12.5 Å². The van der Waals surface area contributed by atoms with E-state index in [9.17, 15) is 10.0 Å². The van der Waals surface area contributed by atoms with Gasteiger partial charge in [-0.05, 0) is 30.0 Å². The number of carbonyl (C=O) groups excluding carboxylic acids is 1. The van der Waals surface area contributed by atoms with Crippen LogP contribution in [0.25, 0.3) is 22.2 Å². The van der Waals surface area contributed by atoms with Gasteiger partial charge in [0, 0.05) is 35.5 Å². The van der Waals surface area contributed by atoms with E-state index in [0.717, 1.165) is 15.9 Å². The summed E-state index contributed by atoms with van der Waals surface area (Å²) in [6.07, 6.45) is 2.82. The second-order valence-electron chi connectivity index (χ2n) is 6.49. The van der Waals surface area contributed by atoms with Crippen LogP contribution in [0, 0.1) is 23.7 Å². The summed E-state index contributed by atoms with van der Waals surface area (Å²) < 4.78 is 5.84. The molecular weight excluding hydrogens is 398 g/mol. The Hall–Kier alpha value is -3.95. The fourth-order valence-corrected chi connectivity index (χ4v) is 2.81. The van der Waals surface area contributed by atoms with E-state index >= 15 is 0 Å². The van der Waals surface area contributed by atoms with Gasteiger partial charge in [-0.3, -0.25) is 15.2 Å². The van der Waals surface area contributed by atoms with Crippen LogP contribution in [-0.4, -0.2) is 46.2 Å². The van der Waals surface area contributed by atoms with Crippen molar-refractivity contribution in [2.75, 3.05) is 13.7 Å². The zero-order valence-corrected chi connectivity index (χ0v) is 16.7. The Balaban J connectivity index is 1.86. The van der Waals surface area contributed by atoms with Gasteiger partial charge < -0.3 is 9.84 Å². The maximum absolute atomic E-state index is 12.1. The molecule has 0 fully saturated rings. The molecule has 1 unspecified atom stereocenters. The van der Waals surface area contributed by atoms with Gasteiger partial charge in [0.05, 0.1) is 34.9 Å². The van der Waals surface area contributed by atoms with Crippen LogP contribution in [0.4, 0.5) is 0 Å². The van der Waals surface area contributed by atoms with E-state index < -0.39 is 5.91 Å². The van der Waals surface area contributed by atoms with Crippen molar-refractivity contribution in [1.82, 2.24) is 10.5 Å². The molecule has 0 aliphatic rings. The second kappa shape index (κ2) is 10.2. The average molecular weight is 418 g/mol. The van der Waals surface area contributed by atoms with Crippen LogP contribution in [-0.2, 0) is 4.74 Å². The smallest absolute Gasteiger partial charge is 0.275 e. The first-order valence-electron chi connectivity index (χ1n) is 9.28. The van der Waals surface area contributed by atoms with E-state index in [-0.39, 0.29) is 18.3 Å². The maximum Gasteiger partial charge on any atom is 0.275 e. The van der Waals surface area contributed by atoms with E-state index in [1.807, 2.05) is 12.1 Å². The summed E-state index contributed by atoms with van der Waals surface area (Å²) in [7, 11) is 1.52. The van der Waals surface area contributed by atoms with Gasteiger partial charge in [-0.15, -0.1) is 0 Å². The number of ether oxygens (including phenoxy) is 1. The van der Waals surface area contributed by atoms with E-state index in [1.54, 1.807) is 23.7 Å². The summed E-state index contributed by atoms with van der Waals surface area (Å²) in [6.45, 7) is -0.0927. The molecule has 4 N–H and O–H groups in total. The molecule has 2 aromatic heterocycles. The molecule has 0 radical (unpaired) electrons. The Kier molecular flexibility index (Phi) is 7.15. The maximum atomic E-state index is 12.1. The van der Waals surface area contributed by atoms with Gasteiger partial charge in [0.1, 0.15) is 0 Å². The first-order chi connectivity index (χ1) is 15.0. The summed E-state index contributed by atoms with van der Waals surface area (Å²) in [5.41, 5.74) is 4.29. The Labute approximate surface area is 178 Å². The standard InChI is InChI=1S/C23H19N3O5/c1-31-18(15-27)6-4-2-3-5-16-7-9-17(10-8-16)22-13-19(23(28)25-29)20-14-26(30)12-11-21(20)24-22/h7-14,18,27H,6,15H2,1H3,(H2-,24,25,28,29,30)/p+1. The second-order valence-corrected chi connectivity index (χ2v) is 6.49. The lowest BCUT2D eigenvalue weighted by atomic mass is 10.0. The van der Waals surface area contributed by atoms with Gasteiger partial charge in [-0.25, -0.2) is 10.5 Å². The largest absolute Gasteiger partial charge is 0.394 e. The molecule has 8 nitrogen and oxygen atoms in total. The predicted molar refractivity (Wildman–Crippen MR) is 111 cm³/mol. The molecule has 3 aromatic rings. The number of rotatable bonds is 5. The lowest BCUT2D eigenvalue weighted by Crippen LogP contribution is -2.29. The zero-order valence-electron chi connectivity index (χ0n) is 16.7. The molecule has 8 heteroatoms. The number of hydrogen-bond donors (Lipinski definition) is 4. The van der Waals surface area contributed by atoms with Crippen LogP contribution in [0.15, 0.2) is 48.8 Å². The minimum Gasteiger partial charge on any atom is -0.394 e. The van der Waals surface area contributed by atoms with E-state index in [2.05, 4.69) is 28.7 Å². The average Bonchev–Trinajstić information content (AvgIpc) is 2.80. The summed E-state index contributed by atoms with van der Waals surface area (Å²) in [5.74, 6) is 10.5. The highest BCUT2D eigenvalue weighted by Crippen LogP contribution is 2.24. The third-order valence-corrected chi connectivity index (χ3v) is 4.49. The Bertz CT molecular complexity index is 1210. The third kappa shape index (κ3) is 5.35. The van der Waals surface area contributed by atoms with Gasteiger partial charge in [0.25, 0.3) is 5.91 Å². The Morgan fingerprint density at radius 2 is 2.03 bits per heavy atom. The number of methoxy groups -OCH3 is 1. The number of aliphatic hydroxyl groups is 1. The van der Waals surface area contributed by atoms with Crippen LogP contribution in [0.3, 0.4) is 0 Å². The SMILES string of the molecule is COC(CO)CC#CC#Cc1ccc(-c2cc(C(=O)NO)c3c[n+](O)ccc3n2)cc1. The number of nitrogens with one attached hydrogen (secondary N) is 1. The van der Waals surface area contributed by atoms with Crippen molar-refractivity contribution < 1.29 is 29.8 Å². The highest BCUT2D eigenvalue weighted by Gasteiger charge is 2.16. The lowest BCUT2D eigenvalue weighted by Gasteiger charge is -2.07. The molecule has 0 aliphatic carbocycles. The van der Waals surface area contributed by atoms with Crippen molar-refractivity contribution in [3.63, 3.8) is 0 Å². The number of hydroxylamine groups is 1. The molecule has 0 aliphatic heterocycles. The van der Waals surface area contributed by atoms with E-state index in [1.165, 1.54) is 25.6 Å². The third-order valence-electron chi connectivity index (χ3n) is 4.49. The molecule has 0 bridgehead atoms. The van der Waals surface area contributed by atoms with Crippen LogP contribution >= 0.6 is 0 Å². The van der Waals surface area contributed by atoms with E-state index in [4.69, 9.17) is 15.1 Å². The molecular formula is C23H20N3O5+. The molecule has 31 heavy (non-hydrogen) atoms. The summed E-state index contributed by atoms with van der Waals surface area (Å²) in [6, 6.07) is 10.3. The summed E-state index contributed by atoms with van der Waals surface area (Å²) in [5, 5.41) is 28.1. The molecule has 2 heterocycles. The predicted octanol–water partition coefficient (Wildman–Crippen LogP) is 1.30. The van der Waals surface area contributed by atoms with Crippen LogP contribution in [0.2, 0.25) is 0 Å². The van der Waals surface area contributed by atoms with Gasteiger partial charge >= 0.3 is 0 Å². The Morgan fingerprint density at radius 1 is 1.26 bits per heavy atom. The number of hydrogen-bond acceptors (Lipinski definition) is 6. The first kappa shape index (κ1) is 21.8. The van der Waals surface area contributed by atoms with E-state index in [0.29, 0.717) is 23.0 Å². The number of amides is 1. The molecule has 156 valence electrons. The quantitative estimate of drug-likeness (QED) is 0.163. The van der Waals surface area contributed by atoms with Gasteiger partial charge in [0.2, 0.25) is 12.4 Å². The fraction of sp³-hybridized carbons (Fsp3) is 0.174. The number of aliphatic hydroxyl groups excluding tert-OH is 1. The molecule has 0 saturated carbocycles. The molecule has 1 aromatic carbocycles. The highest BCUT2D eigenvalue weighted by molar-refractivity contribution is 6.06. The van der Waals surface area contributed by atoms with Gasteiger partial charge in [-0.1, -0.05) is 24.0 Å². The Morgan fingerprint density at radius 3 is 2.71 bits per heavy atom. The highest BCUT2D eigenvalue weighted by atomic mass is 16.5. The van der Waals surface area contributed by atoms with Crippen molar-refractivity contribution >= 4 is 16.8 Å². The number of aromatic nitrogens is 2. The summed E-state index contributed by atoms with van der Waals surface area (Å²) >= 11 is 0. The minimum absolute atomic E-state index is 0.0927. The summed E-state index contributed by atoms with van der Waals surface area (Å²) in [4.78, 5) is 16.6. The molecule has 1 amide bonds. The van der Waals surface area contributed by atoms with Crippen molar-refractivity contribution in [2.24, 2.45) is 0 Å². The monoisotopic (exact) mass is 418 g/mol. The number of nitrogens with zero attached hydrogens (tertiary/aromatic N) is 2. The van der Waals surface area contributed by atoms with Crippen LogP contribution < -0.4 is 10.2 Å². The molecule has 0 saturated heterocycles. The molecule has 1 atom stereocenters. The van der Waals surface area contributed by atoms with Crippen LogP contribution in [0.5, 0.6) is 0 Å². The number of benzene rings is 1. The van der Waals surface area contributed by atoms with Gasteiger partial charge in [-0.2, -0.15) is 0 Å². The van der Waals surface area contributed by atoms with Crippen LogP contribution in [0.1, 0.15) is 22.3 Å². The fourth-order valence-electron chi connectivity index (χ4n) is 2.81. The van der Waals surface area contributed by atoms with Crippen molar-refractivity contribution in [1.29, 1.82) is 0 Å². The normalized spacial score (nSPS) is 11.1. The number of carbonyl (C=O) groups is 1. The minimum atomic E-state index is -0.710. The molecule has 3 rings (SSSR count). The van der Waals surface area contributed by atoms with Crippen molar-refractivity contribution in [3.8, 4) is 34.9 Å². The zero-order chi connectivity index (χ0) is 22.2. The first-order valence-corrected chi connectivity index (χ1v) is 9.28. The number of pyridine rings is 2. The lowest BCUT2D eigenvalue weighted by molar-refractivity contribution is -0.904.